The molecule has 0 saturated carbocycles. The summed E-state index contributed by atoms with van der Waals surface area (Å²) in [5, 5.41) is 4.26. The summed E-state index contributed by atoms with van der Waals surface area (Å²) in [5.41, 5.74) is 0.821. The van der Waals surface area contributed by atoms with Crippen LogP contribution in [0, 0.1) is 5.82 Å². The fourth-order valence-electron chi connectivity index (χ4n) is 3.10. The van der Waals surface area contributed by atoms with Crippen molar-refractivity contribution in [2.45, 2.75) is 12.5 Å². The number of benzene rings is 1. The molecule has 1 N–H and O–H groups in total. The minimum Gasteiger partial charge on any atom is -0.443 e. The van der Waals surface area contributed by atoms with E-state index in [4.69, 9.17) is 9.57 Å². The molecule has 1 amide bonds. The molecule has 10 heteroatoms. The van der Waals surface area contributed by atoms with Gasteiger partial charge in [-0.05, 0) is 18.2 Å². The number of hydrogen-bond donors (Lipinski definition) is 1. The Morgan fingerprint density at radius 1 is 1.30 bits per heavy atom. The van der Waals surface area contributed by atoms with E-state index in [0.29, 0.717) is 37.6 Å². The predicted molar refractivity (Wildman–Crippen MR) is 93.7 cm³/mol. The van der Waals surface area contributed by atoms with Gasteiger partial charge in [-0.1, -0.05) is 0 Å². The maximum Gasteiger partial charge on any atom is 0.414 e. The number of nitrogens with one attached hydrogen (secondary N) is 1. The monoisotopic (exact) mass is 388 g/mol. The molecule has 150 valence electrons. The van der Waals surface area contributed by atoms with Crippen LogP contribution in [0.3, 0.4) is 0 Å². The van der Waals surface area contributed by atoms with Gasteiger partial charge < -0.3 is 15.0 Å². The number of rotatable bonds is 6. The van der Waals surface area contributed by atoms with Gasteiger partial charge in [-0.15, -0.1) is 0 Å². The number of hydroxylamine groups is 2. The molecular weight excluding hydrogens is 365 g/mol. The van der Waals surface area contributed by atoms with Crippen molar-refractivity contribution in [3.8, 4) is 0 Å². The zero-order valence-corrected chi connectivity index (χ0v) is 15.0. The number of halogens is 3. The lowest BCUT2D eigenvalue weighted by Gasteiger charge is -2.23. The number of likely N-dealkylation sites (N-methyl/N-ethyl adjacent to an activating group) is 1. The lowest BCUT2D eigenvalue weighted by molar-refractivity contribution is -0.126. The van der Waals surface area contributed by atoms with Crippen LogP contribution in [0.4, 0.5) is 29.3 Å². The summed E-state index contributed by atoms with van der Waals surface area (Å²) in [6.07, 6.45) is -3.64. The first kappa shape index (κ1) is 19.7. The van der Waals surface area contributed by atoms with Crippen molar-refractivity contribution >= 4 is 17.5 Å². The van der Waals surface area contributed by atoms with Gasteiger partial charge in [0, 0.05) is 33.2 Å². The zero-order valence-electron chi connectivity index (χ0n) is 15.0. The number of cyclic esters (lactones) is 1. The van der Waals surface area contributed by atoms with Crippen LogP contribution in [0.15, 0.2) is 18.2 Å². The first-order valence-electron chi connectivity index (χ1n) is 8.79. The van der Waals surface area contributed by atoms with Gasteiger partial charge >= 0.3 is 6.09 Å². The van der Waals surface area contributed by atoms with E-state index in [1.165, 1.54) is 11.0 Å². The van der Waals surface area contributed by atoms with Crippen LogP contribution < -0.4 is 15.1 Å². The summed E-state index contributed by atoms with van der Waals surface area (Å²) in [5.74, 6) is -0.441. The molecule has 1 aromatic carbocycles. The van der Waals surface area contributed by atoms with E-state index in [-0.39, 0.29) is 13.1 Å². The molecule has 2 heterocycles. The van der Waals surface area contributed by atoms with E-state index in [9.17, 15) is 18.0 Å². The second kappa shape index (κ2) is 8.77. The molecule has 7 nitrogen and oxygen atoms in total. The largest absolute Gasteiger partial charge is 0.443 e. The van der Waals surface area contributed by atoms with Crippen molar-refractivity contribution < 1.29 is 27.5 Å². The van der Waals surface area contributed by atoms with Gasteiger partial charge in [0.25, 0.3) is 6.43 Å². The third-order valence-electron chi connectivity index (χ3n) is 4.49. The second-order valence-corrected chi connectivity index (χ2v) is 6.47. The summed E-state index contributed by atoms with van der Waals surface area (Å²) in [7, 11) is 1.83. The molecule has 2 aliphatic rings. The van der Waals surface area contributed by atoms with Crippen LogP contribution in [0.25, 0.3) is 0 Å². The van der Waals surface area contributed by atoms with Crippen LogP contribution >= 0.6 is 0 Å². The molecule has 27 heavy (non-hydrogen) atoms. The highest BCUT2D eigenvalue weighted by Crippen LogP contribution is 2.28. The Labute approximate surface area is 155 Å². The number of carbonyl (C=O) groups excluding carboxylic acids is 1. The standard InChI is InChI=1S/C17H23F3N4O3/c1-22-4-5-23(6-7-26-22)15-3-2-12(8-14(15)18)24-11-13(27-17(24)25)9-21-10-16(19)20/h2-3,8,13,16,21H,4-7,9-11H2,1H3/t13-/m0/s1. The van der Waals surface area contributed by atoms with Crippen LogP contribution in [-0.2, 0) is 9.57 Å². The van der Waals surface area contributed by atoms with E-state index < -0.39 is 31.0 Å². The molecule has 0 radical (unpaired) electrons. The molecule has 3 rings (SSSR count). The Hall–Kier alpha value is -2.04. The fraction of sp³-hybridized carbons (Fsp3) is 0.588. The average molecular weight is 388 g/mol. The highest BCUT2D eigenvalue weighted by Gasteiger charge is 2.32. The quantitative estimate of drug-likeness (QED) is 0.801. The van der Waals surface area contributed by atoms with E-state index in [1.54, 1.807) is 17.2 Å². The molecule has 2 fully saturated rings. The topological polar surface area (TPSA) is 57.3 Å². The van der Waals surface area contributed by atoms with Crippen molar-refractivity contribution in [2.75, 3.05) is 62.7 Å². The fourth-order valence-corrected chi connectivity index (χ4v) is 3.10. The van der Waals surface area contributed by atoms with Crippen molar-refractivity contribution in [1.82, 2.24) is 10.4 Å². The highest BCUT2D eigenvalue weighted by atomic mass is 19.3. The minimum absolute atomic E-state index is 0.119. The lowest BCUT2D eigenvalue weighted by Crippen LogP contribution is -2.33. The smallest absolute Gasteiger partial charge is 0.414 e. The van der Waals surface area contributed by atoms with Gasteiger partial charge in [-0.3, -0.25) is 9.74 Å². The Morgan fingerprint density at radius 3 is 2.85 bits per heavy atom. The van der Waals surface area contributed by atoms with Crippen LogP contribution in [0.5, 0.6) is 0 Å². The Morgan fingerprint density at radius 2 is 2.11 bits per heavy atom. The first-order valence-corrected chi connectivity index (χ1v) is 8.79. The average Bonchev–Trinajstić information content (AvgIpc) is 2.84. The van der Waals surface area contributed by atoms with Gasteiger partial charge in [0.1, 0.15) is 11.9 Å². The number of amides is 1. The highest BCUT2D eigenvalue weighted by molar-refractivity contribution is 5.90. The van der Waals surface area contributed by atoms with E-state index in [2.05, 4.69) is 5.32 Å². The van der Waals surface area contributed by atoms with Crippen LogP contribution in [0.2, 0.25) is 0 Å². The van der Waals surface area contributed by atoms with Gasteiger partial charge in [-0.2, -0.15) is 5.06 Å². The maximum atomic E-state index is 14.7. The van der Waals surface area contributed by atoms with E-state index >= 15 is 0 Å². The van der Waals surface area contributed by atoms with Crippen LogP contribution in [-0.4, -0.2) is 76.6 Å². The minimum atomic E-state index is -2.47. The summed E-state index contributed by atoms with van der Waals surface area (Å²) in [6.45, 7) is 2.12. The van der Waals surface area contributed by atoms with Crippen molar-refractivity contribution in [3.63, 3.8) is 0 Å². The summed E-state index contributed by atoms with van der Waals surface area (Å²) >= 11 is 0. The normalized spacial score (nSPS) is 21.7. The van der Waals surface area contributed by atoms with Crippen molar-refractivity contribution in [3.05, 3.63) is 24.0 Å². The second-order valence-electron chi connectivity index (χ2n) is 6.47. The number of alkyl halides is 2. The predicted octanol–water partition coefficient (Wildman–Crippen LogP) is 1.69. The summed E-state index contributed by atoms with van der Waals surface area (Å²) in [6, 6.07) is 4.58. The Balaban J connectivity index is 1.64. The maximum absolute atomic E-state index is 14.7. The third kappa shape index (κ3) is 5.02. The molecular formula is C17H23F3N4O3. The summed E-state index contributed by atoms with van der Waals surface area (Å²) < 4.78 is 44.2. The van der Waals surface area contributed by atoms with Crippen LogP contribution in [0.1, 0.15) is 0 Å². The number of ether oxygens (including phenoxy) is 1. The SMILES string of the molecule is CN1CCN(c2ccc(N3C[C@H](CNCC(F)F)OC3=O)cc2F)CCO1. The van der Waals surface area contributed by atoms with Gasteiger partial charge in [0.2, 0.25) is 0 Å². The molecule has 0 spiro atoms. The number of anilines is 2. The van der Waals surface area contributed by atoms with Crippen molar-refractivity contribution in [2.24, 2.45) is 0 Å². The number of hydrogen-bond acceptors (Lipinski definition) is 6. The Kier molecular flexibility index (Phi) is 6.40. The molecule has 0 bridgehead atoms. The molecule has 0 aliphatic carbocycles. The number of nitrogens with zero attached hydrogens (tertiary/aromatic N) is 3. The molecule has 2 aliphatic heterocycles. The summed E-state index contributed by atoms with van der Waals surface area (Å²) in [4.78, 5) is 20.7. The molecule has 0 aromatic heterocycles. The third-order valence-corrected chi connectivity index (χ3v) is 4.49. The lowest BCUT2D eigenvalue weighted by atomic mass is 10.2. The van der Waals surface area contributed by atoms with E-state index in [0.717, 1.165) is 0 Å². The molecule has 1 atom stereocenters. The molecule has 2 saturated heterocycles. The van der Waals surface area contributed by atoms with Gasteiger partial charge in [0.15, 0.2) is 0 Å². The van der Waals surface area contributed by atoms with E-state index in [1.807, 2.05) is 11.9 Å². The Bertz CT molecular complexity index is 664. The first-order chi connectivity index (χ1) is 12.9. The molecule has 1 aromatic rings. The van der Waals surface area contributed by atoms with Gasteiger partial charge in [0.05, 0.1) is 31.1 Å². The van der Waals surface area contributed by atoms with Gasteiger partial charge in [-0.25, -0.2) is 18.0 Å². The number of carbonyl (C=O) groups is 1. The zero-order chi connectivity index (χ0) is 19.4. The molecule has 0 unspecified atom stereocenters. The van der Waals surface area contributed by atoms with Crippen molar-refractivity contribution in [1.29, 1.82) is 0 Å².